The molecule has 0 aliphatic carbocycles. The van der Waals surface area contributed by atoms with Crippen LogP contribution < -0.4 is 5.32 Å². The zero-order valence-electron chi connectivity index (χ0n) is 16.6. The van der Waals surface area contributed by atoms with Gasteiger partial charge in [-0.2, -0.15) is 0 Å². The van der Waals surface area contributed by atoms with Gasteiger partial charge in [-0.15, -0.1) is 6.58 Å². The Balaban J connectivity index is 1.77. The van der Waals surface area contributed by atoms with Crippen molar-refractivity contribution in [1.29, 1.82) is 0 Å². The summed E-state index contributed by atoms with van der Waals surface area (Å²) in [6.45, 7) is 5.78. The number of hydrogen-bond acceptors (Lipinski definition) is 6. The Morgan fingerprint density at radius 2 is 2.13 bits per heavy atom. The quantitative estimate of drug-likeness (QED) is 0.367. The maximum absolute atomic E-state index is 12.9. The SMILES string of the molecule is C=CCN1C(=O)C(CC(=O)Nc2cccc([N+](=O)[O-])c2)SC1=Nc1cccc(Cl)c1C. The van der Waals surface area contributed by atoms with Gasteiger partial charge in [0.25, 0.3) is 5.69 Å². The Hall–Kier alpha value is -3.17. The van der Waals surface area contributed by atoms with Crippen molar-refractivity contribution in [3.63, 3.8) is 0 Å². The van der Waals surface area contributed by atoms with Gasteiger partial charge in [0.15, 0.2) is 5.17 Å². The van der Waals surface area contributed by atoms with E-state index >= 15 is 0 Å². The summed E-state index contributed by atoms with van der Waals surface area (Å²) in [5.74, 6) is -0.678. The number of amides is 2. The number of carbonyl (C=O) groups excluding carboxylic acids is 2. The molecule has 1 N–H and O–H groups in total. The number of amidine groups is 1. The van der Waals surface area contributed by atoms with E-state index in [-0.39, 0.29) is 24.6 Å². The highest BCUT2D eigenvalue weighted by atomic mass is 35.5. The topological polar surface area (TPSA) is 105 Å². The van der Waals surface area contributed by atoms with Crippen LogP contribution in [0.3, 0.4) is 0 Å². The van der Waals surface area contributed by atoms with Gasteiger partial charge < -0.3 is 5.32 Å². The van der Waals surface area contributed by atoms with Crippen molar-refractivity contribution in [2.45, 2.75) is 18.6 Å². The number of benzene rings is 2. The van der Waals surface area contributed by atoms with Gasteiger partial charge in [-0.1, -0.05) is 41.6 Å². The fraction of sp³-hybridized carbons (Fsp3) is 0.190. The number of nitrogens with one attached hydrogen (secondary N) is 1. The van der Waals surface area contributed by atoms with Crippen LogP contribution in [-0.4, -0.2) is 38.6 Å². The second-order valence-corrected chi connectivity index (χ2v) is 8.26. The molecule has 1 unspecified atom stereocenters. The molecule has 1 heterocycles. The first kappa shape index (κ1) is 22.5. The van der Waals surface area contributed by atoms with E-state index in [2.05, 4.69) is 16.9 Å². The number of thioether (sulfide) groups is 1. The van der Waals surface area contributed by atoms with Gasteiger partial charge in [0.05, 0.1) is 10.6 Å². The fourth-order valence-corrected chi connectivity index (χ4v) is 4.25. The first-order valence-corrected chi connectivity index (χ1v) is 10.5. The number of anilines is 1. The van der Waals surface area contributed by atoms with Gasteiger partial charge in [-0.3, -0.25) is 24.6 Å². The van der Waals surface area contributed by atoms with Gasteiger partial charge in [-0.25, -0.2) is 4.99 Å². The van der Waals surface area contributed by atoms with Crippen molar-refractivity contribution < 1.29 is 14.5 Å². The Labute approximate surface area is 188 Å². The number of nitrogens with zero attached hydrogens (tertiary/aromatic N) is 3. The van der Waals surface area contributed by atoms with E-state index in [0.29, 0.717) is 21.6 Å². The number of rotatable bonds is 7. The Bertz CT molecular complexity index is 1090. The lowest BCUT2D eigenvalue weighted by Gasteiger charge is -2.14. The van der Waals surface area contributed by atoms with E-state index < -0.39 is 16.1 Å². The van der Waals surface area contributed by atoms with Crippen molar-refractivity contribution in [2.24, 2.45) is 4.99 Å². The molecule has 0 aromatic heterocycles. The van der Waals surface area contributed by atoms with E-state index in [4.69, 9.17) is 11.6 Å². The molecule has 10 heteroatoms. The van der Waals surface area contributed by atoms with Crippen LogP contribution in [0.5, 0.6) is 0 Å². The Kier molecular flexibility index (Phi) is 7.09. The Morgan fingerprint density at radius 3 is 2.84 bits per heavy atom. The summed E-state index contributed by atoms with van der Waals surface area (Å²) in [7, 11) is 0. The number of non-ortho nitro benzene ring substituents is 1. The summed E-state index contributed by atoms with van der Waals surface area (Å²) in [5.41, 5.74) is 1.59. The largest absolute Gasteiger partial charge is 0.326 e. The summed E-state index contributed by atoms with van der Waals surface area (Å²) in [6.07, 6.45) is 1.48. The van der Waals surface area contributed by atoms with Crippen LogP contribution in [0.25, 0.3) is 0 Å². The van der Waals surface area contributed by atoms with Gasteiger partial charge in [0, 0.05) is 35.8 Å². The van der Waals surface area contributed by atoms with Crippen molar-refractivity contribution in [1.82, 2.24) is 4.90 Å². The van der Waals surface area contributed by atoms with Gasteiger partial charge >= 0.3 is 0 Å². The van der Waals surface area contributed by atoms with Crippen LogP contribution >= 0.6 is 23.4 Å². The lowest BCUT2D eigenvalue weighted by molar-refractivity contribution is -0.384. The fourth-order valence-electron chi connectivity index (χ4n) is 2.92. The zero-order chi connectivity index (χ0) is 22.5. The standard InChI is InChI=1S/C21H19ClN4O4S/c1-3-10-25-20(28)18(31-21(25)24-17-9-5-8-16(22)13(17)2)12-19(27)23-14-6-4-7-15(11-14)26(29)30/h3-9,11,18H,1,10,12H2,2H3,(H,23,27). The van der Waals surface area contributed by atoms with E-state index in [0.717, 1.165) is 5.56 Å². The van der Waals surface area contributed by atoms with Crippen LogP contribution in [0.15, 0.2) is 60.1 Å². The predicted molar refractivity (Wildman–Crippen MR) is 123 cm³/mol. The first-order valence-electron chi connectivity index (χ1n) is 9.27. The van der Waals surface area contributed by atoms with Crippen molar-refractivity contribution in [3.05, 3.63) is 75.8 Å². The molecule has 0 spiro atoms. The molecule has 160 valence electrons. The minimum atomic E-state index is -0.670. The number of carbonyl (C=O) groups is 2. The van der Waals surface area contributed by atoms with Gasteiger partial charge in [0.2, 0.25) is 11.8 Å². The normalized spacial score (nSPS) is 17.1. The van der Waals surface area contributed by atoms with Crippen LogP contribution in [-0.2, 0) is 9.59 Å². The second kappa shape index (κ2) is 9.76. The molecule has 1 aliphatic heterocycles. The number of nitro groups is 1. The molecule has 0 bridgehead atoms. The maximum atomic E-state index is 12.9. The third-order valence-corrected chi connectivity index (χ3v) is 6.08. The second-order valence-electron chi connectivity index (χ2n) is 6.68. The molecular formula is C21H19ClN4O4S. The van der Waals surface area contributed by atoms with E-state index in [1.165, 1.54) is 34.9 Å². The zero-order valence-corrected chi connectivity index (χ0v) is 18.2. The molecule has 2 aromatic rings. The maximum Gasteiger partial charge on any atom is 0.271 e. The average Bonchev–Trinajstić information content (AvgIpc) is 3.00. The third kappa shape index (κ3) is 5.31. The molecule has 2 aromatic carbocycles. The highest BCUT2D eigenvalue weighted by molar-refractivity contribution is 8.15. The predicted octanol–water partition coefficient (Wildman–Crippen LogP) is 4.70. The molecular weight excluding hydrogens is 440 g/mol. The lowest BCUT2D eigenvalue weighted by atomic mass is 10.2. The number of halogens is 1. The van der Waals surface area contributed by atoms with Crippen LogP contribution in [0, 0.1) is 17.0 Å². The Morgan fingerprint density at radius 1 is 1.39 bits per heavy atom. The average molecular weight is 459 g/mol. The monoisotopic (exact) mass is 458 g/mol. The van der Waals surface area contributed by atoms with Crippen molar-refractivity contribution in [3.8, 4) is 0 Å². The summed E-state index contributed by atoms with van der Waals surface area (Å²) in [6, 6.07) is 11.0. The number of nitro benzene ring substituents is 1. The first-order chi connectivity index (χ1) is 14.8. The molecule has 2 amide bonds. The van der Waals surface area contributed by atoms with E-state index in [1.807, 2.05) is 6.92 Å². The molecule has 1 aliphatic rings. The molecule has 1 saturated heterocycles. The molecule has 31 heavy (non-hydrogen) atoms. The molecule has 0 radical (unpaired) electrons. The minimum absolute atomic E-state index is 0.104. The van der Waals surface area contributed by atoms with Crippen LogP contribution in [0.2, 0.25) is 5.02 Å². The van der Waals surface area contributed by atoms with Crippen molar-refractivity contribution >= 4 is 57.4 Å². The highest BCUT2D eigenvalue weighted by Gasteiger charge is 2.38. The van der Waals surface area contributed by atoms with Crippen LogP contribution in [0.1, 0.15) is 12.0 Å². The molecule has 0 saturated carbocycles. The molecule has 1 fully saturated rings. The van der Waals surface area contributed by atoms with Gasteiger partial charge in [-0.05, 0) is 30.7 Å². The number of aliphatic imine (C=N–C) groups is 1. The smallest absolute Gasteiger partial charge is 0.271 e. The summed E-state index contributed by atoms with van der Waals surface area (Å²) >= 11 is 7.35. The molecule has 1 atom stereocenters. The number of hydrogen-bond donors (Lipinski definition) is 1. The molecule has 8 nitrogen and oxygen atoms in total. The summed E-state index contributed by atoms with van der Waals surface area (Å²) in [4.78, 5) is 41.8. The van der Waals surface area contributed by atoms with Crippen molar-refractivity contribution in [2.75, 3.05) is 11.9 Å². The summed E-state index contributed by atoms with van der Waals surface area (Å²) in [5, 5.41) is 13.9. The van der Waals surface area contributed by atoms with E-state index in [9.17, 15) is 19.7 Å². The van der Waals surface area contributed by atoms with Crippen LogP contribution in [0.4, 0.5) is 17.1 Å². The van der Waals surface area contributed by atoms with E-state index in [1.54, 1.807) is 30.3 Å². The molecule has 3 rings (SSSR count). The highest BCUT2D eigenvalue weighted by Crippen LogP contribution is 2.34. The third-order valence-electron chi connectivity index (χ3n) is 4.50. The van der Waals surface area contributed by atoms with Gasteiger partial charge in [0.1, 0.15) is 5.25 Å². The lowest BCUT2D eigenvalue weighted by Crippen LogP contribution is -2.33. The summed E-state index contributed by atoms with van der Waals surface area (Å²) < 4.78 is 0. The minimum Gasteiger partial charge on any atom is -0.326 e.